The number of thiophene rings is 1. The van der Waals surface area contributed by atoms with Crippen molar-refractivity contribution in [2.45, 2.75) is 46.1 Å². The van der Waals surface area contributed by atoms with E-state index in [9.17, 15) is 0 Å². The Morgan fingerprint density at radius 1 is 0.975 bits per heavy atom. The highest BCUT2D eigenvalue weighted by Gasteiger charge is 2.20. The topological polar surface area (TPSA) is 72.3 Å². The molecule has 0 aliphatic heterocycles. The quantitative estimate of drug-likeness (QED) is 0.240. The maximum atomic E-state index is 5.14. The van der Waals surface area contributed by atoms with Gasteiger partial charge in [0.05, 0.1) is 11.0 Å². The van der Waals surface area contributed by atoms with E-state index in [1.165, 1.54) is 49.3 Å². The highest BCUT2D eigenvalue weighted by Crippen LogP contribution is 2.36. The summed E-state index contributed by atoms with van der Waals surface area (Å²) in [4.78, 5) is 6.43. The van der Waals surface area contributed by atoms with Gasteiger partial charge in [0.15, 0.2) is 5.82 Å². The minimum Gasteiger partial charge on any atom is -0.323 e. The molecule has 7 heteroatoms. The second-order valence-corrected chi connectivity index (χ2v) is 11.4. The third kappa shape index (κ3) is 4.46. The van der Waals surface area contributed by atoms with E-state index in [0.717, 1.165) is 49.1 Å². The Morgan fingerprint density at radius 3 is 2.67 bits per heavy atom. The maximum absolute atomic E-state index is 5.14. The number of aromatic nitrogens is 6. The molecule has 1 N–H and O–H groups in total. The summed E-state index contributed by atoms with van der Waals surface area (Å²) < 4.78 is 2.44. The van der Waals surface area contributed by atoms with Gasteiger partial charge in [-0.3, -0.25) is 0 Å². The number of hydrogen-bond donors (Lipinski definition) is 1. The normalized spacial score (nSPS) is 13.9. The average molecular weight is 543 g/mol. The van der Waals surface area contributed by atoms with Crippen molar-refractivity contribution in [2.75, 3.05) is 0 Å². The molecule has 40 heavy (non-hydrogen) atoms. The second kappa shape index (κ2) is 10.3. The molecule has 0 saturated carbocycles. The minimum absolute atomic E-state index is 0.590. The fourth-order valence-electron chi connectivity index (χ4n) is 5.94. The molecule has 0 unspecified atom stereocenters. The third-order valence-electron chi connectivity index (χ3n) is 7.81. The Morgan fingerprint density at radius 2 is 1.85 bits per heavy atom. The number of fused-ring (bicyclic) bond motifs is 3. The van der Waals surface area contributed by atoms with Crippen LogP contribution < -0.4 is 0 Å². The van der Waals surface area contributed by atoms with Crippen molar-refractivity contribution in [2.24, 2.45) is 0 Å². The summed E-state index contributed by atoms with van der Waals surface area (Å²) in [6.45, 7) is 5.21. The number of nitrogens with one attached hydrogen (secondary N) is 1. The Hall–Kier alpha value is -4.36. The molecule has 0 bridgehead atoms. The minimum atomic E-state index is 0.590. The van der Waals surface area contributed by atoms with Gasteiger partial charge in [-0.25, -0.2) is 4.98 Å². The van der Waals surface area contributed by atoms with Gasteiger partial charge in [0.25, 0.3) is 0 Å². The second-order valence-electron chi connectivity index (χ2n) is 10.5. The molecule has 6 aromatic rings. The van der Waals surface area contributed by atoms with Gasteiger partial charge in [0.1, 0.15) is 5.82 Å². The van der Waals surface area contributed by atoms with Crippen LogP contribution in [0.4, 0.5) is 0 Å². The molecular formula is C33H30N6S. The summed E-state index contributed by atoms with van der Waals surface area (Å²) in [5.41, 5.74) is 12.4. The highest BCUT2D eigenvalue weighted by molar-refractivity contribution is 7.13. The van der Waals surface area contributed by atoms with E-state index < -0.39 is 0 Å². The van der Waals surface area contributed by atoms with E-state index in [4.69, 9.17) is 4.98 Å². The van der Waals surface area contributed by atoms with Gasteiger partial charge >= 0.3 is 0 Å². The zero-order chi connectivity index (χ0) is 27.1. The van der Waals surface area contributed by atoms with Gasteiger partial charge in [0.2, 0.25) is 0 Å². The zero-order valence-corrected chi connectivity index (χ0v) is 23.5. The first-order valence-electron chi connectivity index (χ1n) is 13.9. The Kier molecular flexibility index (Phi) is 6.36. The summed E-state index contributed by atoms with van der Waals surface area (Å²) in [6.07, 6.45) is 6.05. The van der Waals surface area contributed by atoms with E-state index >= 15 is 0 Å². The SMILES string of the molecule is CCCc1nc2c(C)cc(-c3cccs3)cc2n1Cc1ccc2c(c1)CCc1ccccc1C2=Cc1nn[nH]n1. The van der Waals surface area contributed by atoms with Crippen molar-refractivity contribution < 1.29 is 0 Å². The van der Waals surface area contributed by atoms with Crippen LogP contribution in [0.5, 0.6) is 0 Å². The number of nitrogens with zero attached hydrogens (tertiary/aromatic N) is 5. The van der Waals surface area contributed by atoms with Crippen molar-refractivity contribution >= 4 is 34.0 Å². The van der Waals surface area contributed by atoms with Crippen LogP contribution in [0.25, 0.3) is 33.1 Å². The largest absolute Gasteiger partial charge is 0.323 e. The zero-order valence-electron chi connectivity index (χ0n) is 22.7. The molecule has 3 aromatic heterocycles. The van der Waals surface area contributed by atoms with Crippen LogP contribution in [0, 0.1) is 6.92 Å². The lowest BCUT2D eigenvalue weighted by molar-refractivity contribution is 0.721. The van der Waals surface area contributed by atoms with Crippen molar-refractivity contribution in [3.8, 4) is 10.4 Å². The smallest absolute Gasteiger partial charge is 0.198 e. The third-order valence-corrected chi connectivity index (χ3v) is 8.73. The molecule has 7 rings (SSSR count). The standard InChI is InChI=1S/C33H30N6S/c1-3-7-32-34-33-21(2)16-25(30-10-6-15-40-30)18-29(33)39(32)20-22-11-14-27-24(17-22)13-12-23-8-4-5-9-26(23)28(27)19-31-35-37-38-36-31/h4-6,8-11,14-19H,3,7,12-13,20H2,1-2H3,(H,35,36,37,38). The molecule has 0 fully saturated rings. The summed E-state index contributed by atoms with van der Waals surface area (Å²) in [5, 5.41) is 16.9. The van der Waals surface area contributed by atoms with E-state index in [-0.39, 0.29) is 0 Å². The predicted octanol–water partition coefficient (Wildman–Crippen LogP) is 7.27. The molecule has 0 atom stereocenters. The number of tetrazole rings is 1. The number of imidazole rings is 1. The molecule has 1 aliphatic rings. The van der Waals surface area contributed by atoms with Crippen molar-refractivity contribution in [1.29, 1.82) is 0 Å². The summed E-state index contributed by atoms with van der Waals surface area (Å²) in [5.74, 6) is 1.75. The maximum Gasteiger partial charge on any atom is 0.198 e. The molecule has 0 spiro atoms. The number of benzene rings is 3. The van der Waals surface area contributed by atoms with Crippen molar-refractivity contribution in [3.63, 3.8) is 0 Å². The first kappa shape index (κ1) is 24.7. The van der Waals surface area contributed by atoms with Crippen molar-refractivity contribution in [1.82, 2.24) is 30.2 Å². The van der Waals surface area contributed by atoms with Crippen LogP contribution in [0.3, 0.4) is 0 Å². The first-order chi connectivity index (χ1) is 19.7. The van der Waals surface area contributed by atoms with Crippen LogP contribution in [0.2, 0.25) is 0 Å². The number of aryl methyl sites for hydroxylation is 4. The number of aromatic amines is 1. The fraction of sp³-hybridized carbons (Fsp3) is 0.212. The number of rotatable bonds is 6. The van der Waals surface area contributed by atoms with E-state index in [2.05, 4.69) is 111 Å². The highest BCUT2D eigenvalue weighted by atomic mass is 32.1. The van der Waals surface area contributed by atoms with Crippen LogP contribution in [-0.4, -0.2) is 30.2 Å². The molecule has 3 heterocycles. The van der Waals surface area contributed by atoms with E-state index in [1.807, 2.05) is 6.08 Å². The predicted molar refractivity (Wildman–Crippen MR) is 162 cm³/mol. The van der Waals surface area contributed by atoms with Gasteiger partial charge in [0, 0.05) is 17.8 Å². The molecular weight excluding hydrogens is 512 g/mol. The van der Waals surface area contributed by atoms with Crippen LogP contribution in [0.1, 0.15) is 58.4 Å². The summed E-state index contributed by atoms with van der Waals surface area (Å²) in [6, 6.07) is 24.5. The lowest BCUT2D eigenvalue weighted by Crippen LogP contribution is -2.06. The molecule has 3 aromatic carbocycles. The van der Waals surface area contributed by atoms with Gasteiger partial charge in [-0.2, -0.15) is 5.21 Å². The van der Waals surface area contributed by atoms with Crippen LogP contribution >= 0.6 is 11.3 Å². The van der Waals surface area contributed by atoms with Gasteiger partial charge in [-0.1, -0.05) is 55.5 Å². The monoisotopic (exact) mass is 542 g/mol. The van der Waals surface area contributed by atoms with Crippen LogP contribution in [0.15, 0.2) is 72.1 Å². The van der Waals surface area contributed by atoms with Crippen LogP contribution in [-0.2, 0) is 25.8 Å². The summed E-state index contributed by atoms with van der Waals surface area (Å²) >= 11 is 1.78. The van der Waals surface area contributed by atoms with Gasteiger partial charge < -0.3 is 4.57 Å². The number of hydrogen-bond acceptors (Lipinski definition) is 5. The average Bonchev–Trinajstić information content (AvgIpc) is 3.73. The Labute approximate surface area is 237 Å². The molecule has 1 aliphatic carbocycles. The molecule has 0 radical (unpaired) electrons. The molecule has 6 nitrogen and oxygen atoms in total. The summed E-state index contributed by atoms with van der Waals surface area (Å²) in [7, 11) is 0. The molecule has 198 valence electrons. The van der Waals surface area contributed by atoms with Crippen molar-refractivity contribution in [3.05, 3.63) is 117 Å². The first-order valence-corrected chi connectivity index (χ1v) is 14.7. The Bertz CT molecular complexity index is 1840. The van der Waals surface area contributed by atoms with Gasteiger partial charge in [-0.15, -0.1) is 21.5 Å². The molecule has 0 amide bonds. The lowest BCUT2D eigenvalue weighted by Gasteiger charge is -2.15. The fourth-order valence-corrected chi connectivity index (χ4v) is 6.66. The lowest BCUT2D eigenvalue weighted by atomic mass is 9.92. The Balaban J connectivity index is 1.33. The van der Waals surface area contributed by atoms with E-state index in [0.29, 0.717) is 5.82 Å². The number of H-pyrrole nitrogens is 1. The molecule has 0 saturated heterocycles. The van der Waals surface area contributed by atoms with E-state index in [1.54, 1.807) is 11.3 Å². The van der Waals surface area contributed by atoms with Gasteiger partial charge in [-0.05, 0) is 106 Å².